The van der Waals surface area contributed by atoms with Crippen molar-refractivity contribution < 1.29 is 13.2 Å². The lowest BCUT2D eigenvalue weighted by Crippen LogP contribution is -2.47. The Morgan fingerprint density at radius 1 is 1.12 bits per heavy atom. The first-order valence-electron chi connectivity index (χ1n) is 7.86. The second kappa shape index (κ2) is 6.28. The molecule has 0 bridgehead atoms. The fourth-order valence-electron chi connectivity index (χ4n) is 2.94. The van der Waals surface area contributed by atoms with Gasteiger partial charge in [-0.2, -0.15) is 0 Å². The van der Waals surface area contributed by atoms with Gasteiger partial charge in [0.25, 0.3) is 10.0 Å². The van der Waals surface area contributed by atoms with Crippen molar-refractivity contribution in [1.82, 2.24) is 4.72 Å². The van der Waals surface area contributed by atoms with Gasteiger partial charge in [-0.25, -0.2) is 17.9 Å². The molecule has 126 valence electrons. The predicted molar refractivity (Wildman–Crippen MR) is 93.6 cm³/mol. The molecule has 3 rings (SSSR count). The van der Waals surface area contributed by atoms with Crippen LogP contribution < -0.4 is 9.62 Å². The Hall–Kier alpha value is -2.34. The molecule has 2 aromatic carbocycles. The molecule has 2 amide bonds. The van der Waals surface area contributed by atoms with Gasteiger partial charge in [0, 0.05) is 12.2 Å². The Labute approximate surface area is 142 Å². The molecular formula is C18H20N2O3S. The van der Waals surface area contributed by atoms with Gasteiger partial charge in [0.05, 0.1) is 4.90 Å². The SMILES string of the molecule is Cc1ccc(S(=O)(=O)NC(=O)N2CC(C)Cc3ccccc32)cc1. The molecule has 1 atom stereocenters. The van der Waals surface area contributed by atoms with Crippen LogP contribution >= 0.6 is 0 Å². The monoisotopic (exact) mass is 344 g/mol. The van der Waals surface area contributed by atoms with E-state index in [1.165, 1.54) is 17.0 Å². The van der Waals surface area contributed by atoms with E-state index in [4.69, 9.17) is 0 Å². The fraction of sp³-hybridized carbons (Fsp3) is 0.278. The van der Waals surface area contributed by atoms with E-state index < -0.39 is 16.1 Å². The van der Waals surface area contributed by atoms with E-state index in [0.717, 1.165) is 23.2 Å². The van der Waals surface area contributed by atoms with Crippen molar-refractivity contribution in [2.24, 2.45) is 5.92 Å². The summed E-state index contributed by atoms with van der Waals surface area (Å²) >= 11 is 0. The number of carbonyl (C=O) groups is 1. The number of aryl methyl sites for hydroxylation is 1. The summed E-state index contributed by atoms with van der Waals surface area (Å²) in [5.74, 6) is 0.271. The molecule has 24 heavy (non-hydrogen) atoms. The normalized spacial score (nSPS) is 17.2. The second-order valence-electron chi connectivity index (χ2n) is 6.27. The molecule has 5 nitrogen and oxygen atoms in total. The van der Waals surface area contributed by atoms with Crippen LogP contribution in [0.4, 0.5) is 10.5 Å². The molecule has 1 aliphatic heterocycles. The summed E-state index contributed by atoms with van der Waals surface area (Å²) in [7, 11) is -3.89. The number of rotatable bonds is 2. The molecule has 0 radical (unpaired) electrons. The number of benzene rings is 2. The third kappa shape index (κ3) is 3.28. The zero-order valence-corrected chi connectivity index (χ0v) is 14.5. The number of para-hydroxylation sites is 1. The number of hydrogen-bond donors (Lipinski definition) is 1. The molecule has 0 spiro atoms. The van der Waals surface area contributed by atoms with Gasteiger partial charge in [-0.05, 0) is 43.0 Å². The Balaban J connectivity index is 1.86. The second-order valence-corrected chi connectivity index (χ2v) is 7.95. The number of hydrogen-bond acceptors (Lipinski definition) is 3. The summed E-state index contributed by atoms with van der Waals surface area (Å²) in [5.41, 5.74) is 2.78. The van der Waals surface area contributed by atoms with Crippen LogP contribution in [0.25, 0.3) is 0 Å². The molecule has 0 saturated carbocycles. The highest BCUT2D eigenvalue weighted by molar-refractivity contribution is 7.90. The van der Waals surface area contributed by atoms with Crippen molar-refractivity contribution in [1.29, 1.82) is 0 Å². The topological polar surface area (TPSA) is 66.5 Å². The van der Waals surface area contributed by atoms with Crippen molar-refractivity contribution in [2.75, 3.05) is 11.4 Å². The Bertz CT molecular complexity index is 860. The third-order valence-electron chi connectivity index (χ3n) is 4.14. The zero-order chi connectivity index (χ0) is 17.3. The zero-order valence-electron chi connectivity index (χ0n) is 13.7. The Morgan fingerprint density at radius 2 is 1.79 bits per heavy atom. The van der Waals surface area contributed by atoms with Crippen molar-refractivity contribution in [2.45, 2.75) is 25.2 Å². The summed E-state index contributed by atoms with van der Waals surface area (Å²) in [6, 6.07) is 13.4. The first-order chi connectivity index (χ1) is 11.4. The standard InChI is InChI=1S/C18H20N2O3S/c1-13-7-9-16(10-8-13)24(22,23)19-18(21)20-12-14(2)11-15-5-3-4-6-17(15)20/h3-10,14H,11-12H2,1-2H3,(H,19,21). The molecule has 2 aromatic rings. The minimum atomic E-state index is -3.89. The van der Waals surface area contributed by atoms with Crippen LogP contribution in [-0.2, 0) is 16.4 Å². The predicted octanol–water partition coefficient (Wildman–Crippen LogP) is 3.09. The Kier molecular flexibility index (Phi) is 4.32. The first kappa shape index (κ1) is 16.5. The van der Waals surface area contributed by atoms with Crippen LogP contribution in [0, 0.1) is 12.8 Å². The maximum Gasteiger partial charge on any atom is 0.335 e. The van der Waals surface area contributed by atoms with E-state index >= 15 is 0 Å². The molecule has 0 aromatic heterocycles. The number of carbonyl (C=O) groups excluding carboxylic acids is 1. The molecule has 1 heterocycles. The minimum absolute atomic E-state index is 0.0831. The van der Waals surface area contributed by atoms with Gasteiger partial charge in [-0.1, -0.05) is 42.8 Å². The summed E-state index contributed by atoms with van der Waals surface area (Å²) < 4.78 is 27.0. The van der Waals surface area contributed by atoms with E-state index in [1.807, 2.05) is 38.1 Å². The number of sulfonamides is 1. The molecule has 0 fully saturated rings. The lowest BCUT2D eigenvalue weighted by Gasteiger charge is -2.32. The number of urea groups is 1. The van der Waals surface area contributed by atoms with Gasteiger partial charge in [0.2, 0.25) is 0 Å². The molecule has 1 unspecified atom stereocenters. The van der Waals surface area contributed by atoms with Gasteiger partial charge in [0.15, 0.2) is 0 Å². The summed E-state index contributed by atoms with van der Waals surface area (Å²) in [6.07, 6.45) is 0.880. The lowest BCUT2D eigenvalue weighted by atomic mass is 9.94. The summed E-state index contributed by atoms with van der Waals surface area (Å²) in [5, 5.41) is 0. The highest BCUT2D eigenvalue weighted by Gasteiger charge is 2.29. The summed E-state index contributed by atoms with van der Waals surface area (Å²) in [6.45, 7) is 4.41. The van der Waals surface area contributed by atoms with E-state index in [2.05, 4.69) is 4.72 Å². The van der Waals surface area contributed by atoms with Crippen LogP contribution in [0.15, 0.2) is 53.4 Å². The molecule has 1 N–H and O–H groups in total. The van der Waals surface area contributed by atoms with Crippen molar-refractivity contribution in [3.8, 4) is 0 Å². The highest BCUT2D eigenvalue weighted by atomic mass is 32.2. The molecule has 0 aliphatic carbocycles. The summed E-state index contributed by atoms with van der Waals surface area (Å²) in [4.78, 5) is 14.2. The van der Waals surface area contributed by atoms with Gasteiger partial charge in [-0.15, -0.1) is 0 Å². The van der Waals surface area contributed by atoms with E-state index in [1.54, 1.807) is 12.1 Å². The number of fused-ring (bicyclic) bond motifs is 1. The largest absolute Gasteiger partial charge is 0.335 e. The van der Waals surface area contributed by atoms with Gasteiger partial charge >= 0.3 is 6.03 Å². The number of nitrogens with one attached hydrogen (secondary N) is 1. The maximum absolute atomic E-state index is 12.6. The quantitative estimate of drug-likeness (QED) is 0.910. The smallest absolute Gasteiger partial charge is 0.293 e. The molecule has 1 aliphatic rings. The van der Waals surface area contributed by atoms with Crippen LogP contribution in [0.5, 0.6) is 0 Å². The minimum Gasteiger partial charge on any atom is -0.293 e. The van der Waals surface area contributed by atoms with E-state index in [-0.39, 0.29) is 10.8 Å². The highest BCUT2D eigenvalue weighted by Crippen LogP contribution is 2.29. The van der Waals surface area contributed by atoms with Crippen molar-refractivity contribution >= 4 is 21.7 Å². The van der Waals surface area contributed by atoms with Crippen LogP contribution in [0.1, 0.15) is 18.1 Å². The van der Waals surface area contributed by atoms with Crippen molar-refractivity contribution in [3.63, 3.8) is 0 Å². The lowest BCUT2D eigenvalue weighted by molar-refractivity contribution is 0.249. The third-order valence-corrected chi connectivity index (χ3v) is 5.48. The number of anilines is 1. The first-order valence-corrected chi connectivity index (χ1v) is 9.34. The average Bonchev–Trinajstić information content (AvgIpc) is 2.54. The van der Waals surface area contributed by atoms with Gasteiger partial charge < -0.3 is 0 Å². The van der Waals surface area contributed by atoms with Crippen LogP contribution in [0.3, 0.4) is 0 Å². The average molecular weight is 344 g/mol. The molecule has 0 saturated heterocycles. The van der Waals surface area contributed by atoms with Crippen LogP contribution in [0.2, 0.25) is 0 Å². The van der Waals surface area contributed by atoms with Gasteiger partial charge in [0.1, 0.15) is 0 Å². The van der Waals surface area contributed by atoms with E-state index in [9.17, 15) is 13.2 Å². The Morgan fingerprint density at radius 3 is 2.50 bits per heavy atom. The number of nitrogens with zero attached hydrogens (tertiary/aromatic N) is 1. The number of amides is 2. The molecular weight excluding hydrogens is 324 g/mol. The maximum atomic E-state index is 12.6. The van der Waals surface area contributed by atoms with E-state index in [0.29, 0.717) is 6.54 Å². The fourth-order valence-corrected chi connectivity index (χ4v) is 3.89. The van der Waals surface area contributed by atoms with Crippen LogP contribution in [-0.4, -0.2) is 21.0 Å². The van der Waals surface area contributed by atoms with Crippen molar-refractivity contribution in [3.05, 3.63) is 59.7 Å². The van der Waals surface area contributed by atoms with Gasteiger partial charge in [-0.3, -0.25) is 4.90 Å². The molecule has 6 heteroatoms.